The van der Waals surface area contributed by atoms with Crippen molar-refractivity contribution in [2.45, 2.75) is 99.0 Å². The molecule has 0 spiro atoms. The maximum absolute atomic E-state index is 14.7. The number of benzene rings is 1. The van der Waals surface area contributed by atoms with Crippen molar-refractivity contribution in [1.29, 1.82) is 0 Å². The third-order valence-electron chi connectivity index (χ3n) is 13.5. The Labute approximate surface area is 273 Å². The second-order valence-electron chi connectivity index (χ2n) is 16.8. The van der Waals surface area contributed by atoms with Gasteiger partial charge in [0, 0.05) is 33.4 Å². The number of ketones is 2. The van der Waals surface area contributed by atoms with Crippen molar-refractivity contribution in [3.63, 3.8) is 0 Å². The molecule has 6 rings (SSSR count). The maximum Gasteiger partial charge on any atom is 0.244 e. The van der Waals surface area contributed by atoms with Gasteiger partial charge in [-0.1, -0.05) is 83.8 Å². The van der Waals surface area contributed by atoms with E-state index in [1.807, 2.05) is 56.3 Å². The Hall–Kier alpha value is -2.97. The smallest absolute Gasteiger partial charge is 0.244 e. The third-order valence-corrected chi connectivity index (χ3v) is 13.8. The molecule has 0 radical (unpaired) electrons. The minimum absolute atomic E-state index is 0.0132. The Morgan fingerprint density at radius 2 is 1.64 bits per heavy atom. The third kappa shape index (κ3) is 4.64. The highest BCUT2D eigenvalue weighted by molar-refractivity contribution is 6.30. The quantitative estimate of drug-likeness (QED) is 0.269. The first-order chi connectivity index (χ1) is 20.9. The van der Waals surface area contributed by atoms with Crippen LogP contribution in [-0.4, -0.2) is 23.0 Å². The van der Waals surface area contributed by atoms with E-state index in [4.69, 9.17) is 18.2 Å². The number of hydrogen-bond donors (Lipinski definition) is 1. The van der Waals surface area contributed by atoms with Crippen molar-refractivity contribution in [2.24, 2.45) is 44.8 Å². The first-order valence-electron chi connectivity index (χ1n) is 16.6. The number of rotatable bonds is 3. The predicted octanol–water partition coefficient (Wildman–Crippen LogP) is 8.79. The lowest BCUT2D eigenvalue weighted by molar-refractivity contribution is -0.163. The molecular formula is C39H47ClN2O3. The molecule has 7 atom stereocenters. The molecule has 3 saturated carbocycles. The summed E-state index contributed by atoms with van der Waals surface area (Å²) in [6, 6.07) is 7.41. The van der Waals surface area contributed by atoms with Gasteiger partial charge in [-0.25, -0.2) is 4.85 Å². The van der Waals surface area contributed by atoms with E-state index in [0.29, 0.717) is 5.02 Å². The van der Waals surface area contributed by atoms with Gasteiger partial charge < -0.3 is 10.1 Å². The summed E-state index contributed by atoms with van der Waals surface area (Å²) < 4.78 is 0. The standard InChI is InChI=1S/C39H47ClN2O3/c1-34(2)17-19-39(42-31(44)14-11-24-9-12-25(40)13-10-24)20-18-38(7)32(26(39)22-34)28(43)21-30-36(5)23-27(41-8)33(45)35(3,4)29(36)15-16-37(30,38)6/h9-14,21,23,26,29,32H,15-20,22H2,1-7H3,(H,42,44)/b14-11+/t26-,29-,32-,36-,37+,38+,39-/m0/s1. The minimum Gasteiger partial charge on any atom is -0.347 e. The molecule has 238 valence electrons. The highest BCUT2D eigenvalue weighted by Crippen LogP contribution is 2.73. The SMILES string of the molecule is [C-]#[N+]C1=C[C@]2(C)C3=CC(=O)[C@@H]4[C@@H]5CC(C)(C)CC[C@]5(NC(=O)/C=C/c5ccc(Cl)cc5)CC[C@@]4(C)[C@]3(C)CC[C@H]2C(C)(C)C1=O. The van der Waals surface area contributed by atoms with Gasteiger partial charge in [-0.05, 0) is 103 Å². The fourth-order valence-corrected chi connectivity index (χ4v) is 11.0. The Morgan fingerprint density at radius 3 is 2.31 bits per heavy atom. The average Bonchev–Trinajstić information content (AvgIpc) is 2.96. The van der Waals surface area contributed by atoms with Gasteiger partial charge in [-0.15, -0.1) is 0 Å². The zero-order chi connectivity index (χ0) is 32.8. The summed E-state index contributed by atoms with van der Waals surface area (Å²) in [6.45, 7) is 23.2. The highest BCUT2D eigenvalue weighted by atomic mass is 35.5. The molecule has 3 fully saturated rings. The normalized spacial score (nSPS) is 39.8. The predicted molar refractivity (Wildman–Crippen MR) is 179 cm³/mol. The van der Waals surface area contributed by atoms with Crippen molar-refractivity contribution in [2.75, 3.05) is 0 Å². The van der Waals surface area contributed by atoms with Crippen LogP contribution in [0.25, 0.3) is 10.9 Å². The van der Waals surface area contributed by atoms with Crippen LogP contribution in [0.1, 0.15) is 99.0 Å². The topological polar surface area (TPSA) is 67.6 Å². The molecule has 5 aliphatic carbocycles. The van der Waals surface area contributed by atoms with E-state index in [1.54, 1.807) is 6.08 Å². The molecular weight excluding hydrogens is 580 g/mol. The number of fused-ring (bicyclic) bond motifs is 7. The molecule has 1 N–H and O–H groups in total. The number of nitrogens with zero attached hydrogens (tertiary/aromatic N) is 1. The number of amides is 1. The van der Waals surface area contributed by atoms with Crippen molar-refractivity contribution in [1.82, 2.24) is 5.32 Å². The molecule has 0 bridgehead atoms. The summed E-state index contributed by atoms with van der Waals surface area (Å²) in [6.07, 6.45) is 13.4. The highest BCUT2D eigenvalue weighted by Gasteiger charge is 2.69. The fraction of sp³-hybridized carbons (Fsp3) is 0.590. The molecule has 45 heavy (non-hydrogen) atoms. The van der Waals surface area contributed by atoms with Gasteiger partial charge in [0.05, 0.1) is 6.57 Å². The monoisotopic (exact) mass is 626 g/mol. The van der Waals surface area contributed by atoms with Gasteiger partial charge in [0.2, 0.25) is 11.6 Å². The molecule has 0 heterocycles. The number of nitrogens with one attached hydrogen (secondary N) is 1. The number of carbonyl (C=O) groups is 3. The molecule has 1 aromatic carbocycles. The fourth-order valence-electron chi connectivity index (χ4n) is 10.9. The van der Waals surface area contributed by atoms with Gasteiger partial charge in [0.25, 0.3) is 0 Å². The second kappa shape index (κ2) is 10.3. The van der Waals surface area contributed by atoms with Crippen LogP contribution in [0.2, 0.25) is 5.02 Å². The van der Waals surface area contributed by atoms with Crippen LogP contribution in [0.4, 0.5) is 0 Å². The van der Waals surface area contributed by atoms with Crippen molar-refractivity contribution >= 4 is 35.2 Å². The van der Waals surface area contributed by atoms with Crippen molar-refractivity contribution in [3.05, 3.63) is 75.8 Å². The summed E-state index contributed by atoms with van der Waals surface area (Å²) in [5, 5.41) is 4.14. The summed E-state index contributed by atoms with van der Waals surface area (Å²) in [5.41, 5.74) is 0.0188. The van der Waals surface area contributed by atoms with Crippen LogP contribution < -0.4 is 5.32 Å². The van der Waals surface area contributed by atoms with E-state index in [9.17, 15) is 14.4 Å². The largest absolute Gasteiger partial charge is 0.347 e. The number of carbonyl (C=O) groups excluding carboxylic acids is 3. The average molecular weight is 627 g/mol. The molecule has 6 heteroatoms. The summed E-state index contributed by atoms with van der Waals surface area (Å²) in [5.74, 6) is -0.233. The zero-order valence-electron chi connectivity index (χ0n) is 27.9. The molecule has 0 aliphatic heterocycles. The molecule has 0 saturated heterocycles. The van der Waals surface area contributed by atoms with Crippen LogP contribution in [-0.2, 0) is 14.4 Å². The Bertz CT molecular complexity index is 1610. The minimum atomic E-state index is -0.675. The van der Waals surface area contributed by atoms with E-state index in [0.717, 1.165) is 56.1 Å². The van der Waals surface area contributed by atoms with Crippen LogP contribution in [0.15, 0.2) is 53.8 Å². The number of Topliss-reactive ketones (excluding diaryl/α,β-unsaturated/α-hetero) is 1. The number of hydrogen-bond acceptors (Lipinski definition) is 3. The summed E-state index contributed by atoms with van der Waals surface area (Å²) >= 11 is 6.04. The number of halogens is 1. The van der Waals surface area contributed by atoms with Gasteiger partial charge in [0.1, 0.15) is 0 Å². The van der Waals surface area contributed by atoms with Crippen LogP contribution >= 0.6 is 11.6 Å². The molecule has 0 aromatic heterocycles. The van der Waals surface area contributed by atoms with Gasteiger partial charge in [-0.3, -0.25) is 9.59 Å². The van der Waals surface area contributed by atoms with Crippen LogP contribution in [0, 0.1) is 51.4 Å². The Morgan fingerprint density at radius 1 is 0.978 bits per heavy atom. The van der Waals surface area contributed by atoms with E-state index in [-0.39, 0.29) is 57.2 Å². The van der Waals surface area contributed by atoms with Crippen LogP contribution in [0.3, 0.4) is 0 Å². The zero-order valence-corrected chi connectivity index (χ0v) is 28.6. The molecule has 0 unspecified atom stereocenters. The summed E-state index contributed by atoms with van der Waals surface area (Å²) in [4.78, 5) is 45.3. The second-order valence-corrected chi connectivity index (χ2v) is 17.2. The maximum atomic E-state index is 14.7. The molecule has 5 aliphatic rings. The van der Waals surface area contributed by atoms with E-state index in [2.05, 4.69) is 44.8 Å². The van der Waals surface area contributed by atoms with E-state index < -0.39 is 16.4 Å². The molecule has 5 nitrogen and oxygen atoms in total. The van der Waals surface area contributed by atoms with Crippen molar-refractivity contribution in [3.8, 4) is 0 Å². The van der Waals surface area contributed by atoms with Gasteiger partial charge >= 0.3 is 0 Å². The van der Waals surface area contributed by atoms with E-state index >= 15 is 0 Å². The number of allylic oxidation sites excluding steroid dienone is 4. The Balaban J connectivity index is 1.41. The first kappa shape index (κ1) is 32.0. The van der Waals surface area contributed by atoms with Gasteiger partial charge in [0.15, 0.2) is 11.6 Å². The lowest BCUT2D eigenvalue weighted by Crippen LogP contribution is -2.69. The lowest BCUT2D eigenvalue weighted by atomic mass is 9.35. The molecule has 1 amide bonds. The Kier molecular flexibility index (Phi) is 7.30. The summed E-state index contributed by atoms with van der Waals surface area (Å²) in [7, 11) is 0. The first-order valence-corrected chi connectivity index (χ1v) is 17.0. The van der Waals surface area contributed by atoms with Crippen molar-refractivity contribution < 1.29 is 14.4 Å². The van der Waals surface area contributed by atoms with Crippen LogP contribution in [0.5, 0.6) is 0 Å². The van der Waals surface area contributed by atoms with E-state index in [1.165, 1.54) is 0 Å². The lowest BCUT2D eigenvalue weighted by Gasteiger charge is -2.69. The molecule has 1 aromatic rings. The van der Waals surface area contributed by atoms with Gasteiger partial charge in [-0.2, -0.15) is 0 Å².